The van der Waals surface area contributed by atoms with Crippen molar-refractivity contribution < 1.29 is 4.39 Å². The molecule has 1 aliphatic rings. The number of para-hydroxylation sites is 1. The van der Waals surface area contributed by atoms with E-state index in [0.717, 1.165) is 30.7 Å². The Hall–Kier alpha value is -1.42. The molecule has 3 nitrogen and oxygen atoms in total. The topological polar surface area (TPSA) is 43.8 Å². The Morgan fingerprint density at radius 1 is 1.30 bits per heavy atom. The summed E-state index contributed by atoms with van der Waals surface area (Å²) in [5.41, 5.74) is 7.42. The molecule has 1 aromatic carbocycles. The van der Waals surface area contributed by atoms with Gasteiger partial charge in [-0.1, -0.05) is 25.3 Å². The lowest BCUT2D eigenvalue weighted by molar-refractivity contribution is 0.278. The first-order valence-electron chi connectivity index (χ1n) is 7.57. The lowest BCUT2D eigenvalue weighted by Crippen LogP contribution is -2.39. The molecule has 0 amide bonds. The van der Waals surface area contributed by atoms with Crippen LogP contribution in [0.25, 0.3) is 11.0 Å². The van der Waals surface area contributed by atoms with Crippen LogP contribution in [0.1, 0.15) is 44.9 Å². The number of hydrogen-bond donors (Lipinski definition) is 1. The lowest BCUT2D eigenvalue weighted by atomic mass is 9.73. The van der Waals surface area contributed by atoms with Gasteiger partial charge in [0.05, 0.1) is 5.52 Å². The Morgan fingerprint density at radius 3 is 2.70 bits per heavy atom. The molecule has 3 rings (SSSR count). The van der Waals surface area contributed by atoms with Crippen molar-refractivity contribution in [2.24, 2.45) is 5.73 Å². The predicted molar refractivity (Wildman–Crippen MR) is 79.2 cm³/mol. The first-order chi connectivity index (χ1) is 9.72. The van der Waals surface area contributed by atoms with Crippen LogP contribution < -0.4 is 5.73 Å². The summed E-state index contributed by atoms with van der Waals surface area (Å²) in [5, 5.41) is 0. The maximum Gasteiger partial charge on any atom is 0.151 e. The molecule has 1 aliphatic carbocycles. The molecule has 0 spiro atoms. The van der Waals surface area contributed by atoms with Crippen molar-refractivity contribution in [2.45, 2.75) is 51.0 Å². The van der Waals surface area contributed by atoms with Crippen LogP contribution in [0.3, 0.4) is 0 Å². The van der Waals surface area contributed by atoms with Crippen molar-refractivity contribution in [1.82, 2.24) is 9.55 Å². The van der Waals surface area contributed by atoms with Crippen molar-refractivity contribution in [3.8, 4) is 0 Å². The molecule has 0 unspecified atom stereocenters. The van der Waals surface area contributed by atoms with Crippen LogP contribution in [0.2, 0.25) is 0 Å². The number of nitrogens with zero attached hydrogens (tertiary/aromatic N) is 2. The van der Waals surface area contributed by atoms with Gasteiger partial charge in [-0.25, -0.2) is 9.37 Å². The van der Waals surface area contributed by atoms with Gasteiger partial charge in [0.2, 0.25) is 0 Å². The molecule has 1 fully saturated rings. The fourth-order valence-electron chi connectivity index (χ4n) is 3.59. The summed E-state index contributed by atoms with van der Waals surface area (Å²) in [6.45, 7) is 3.48. The number of hydrogen-bond acceptors (Lipinski definition) is 2. The quantitative estimate of drug-likeness (QED) is 0.933. The van der Waals surface area contributed by atoms with Crippen molar-refractivity contribution in [3.05, 3.63) is 29.8 Å². The predicted octanol–water partition coefficient (Wildman–Crippen LogP) is 3.36. The maximum atomic E-state index is 14.0. The summed E-state index contributed by atoms with van der Waals surface area (Å²) in [5.74, 6) is 0.751. The van der Waals surface area contributed by atoms with Crippen LogP contribution in [0.15, 0.2) is 18.2 Å². The highest BCUT2D eigenvalue weighted by atomic mass is 19.1. The van der Waals surface area contributed by atoms with Gasteiger partial charge in [-0.2, -0.15) is 0 Å². The molecular weight excluding hydrogens is 253 g/mol. The summed E-state index contributed by atoms with van der Waals surface area (Å²) in [6.07, 6.45) is 5.77. The van der Waals surface area contributed by atoms with Gasteiger partial charge in [0.25, 0.3) is 0 Å². The Bertz CT molecular complexity index is 611. The molecule has 2 aromatic rings. The van der Waals surface area contributed by atoms with E-state index in [1.54, 1.807) is 6.07 Å². The minimum absolute atomic E-state index is 0.0697. The molecule has 1 heterocycles. The first kappa shape index (κ1) is 13.6. The number of benzene rings is 1. The Morgan fingerprint density at radius 2 is 2.05 bits per heavy atom. The van der Waals surface area contributed by atoms with Gasteiger partial charge in [0.15, 0.2) is 5.82 Å². The molecule has 0 saturated heterocycles. The number of aromatic nitrogens is 2. The van der Waals surface area contributed by atoms with E-state index in [2.05, 4.69) is 16.5 Å². The third-order valence-electron chi connectivity index (χ3n) is 4.72. The summed E-state index contributed by atoms with van der Waals surface area (Å²) < 4.78 is 16.2. The minimum Gasteiger partial charge on any atom is -0.329 e. The second-order valence-corrected chi connectivity index (χ2v) is 5.83. The van der Waals surface area contributed by atoms with Crippen molar-refractivity contribution in [1.29, 1.82) is 0 Å². The van der Waals surface area contributed by atoms with Gasteiger partial charge in [-0.15, -0.1) is 0 Å². The first-order valence-corrected chi connectivity index (χ1v) is 7.57. The summed E-state index contributed by atoms with van der Waals surface area (Å²) >= 11 is 0. The van der Waals surface area contributed by atoms with Gasteiger partial charge in [0, 0.05) is 18.5 Å². The van der Waals surface area contributed by atoms with Crippen LogP contribution in [0.4, 0.5) is 4.39 Å². The van der Waals surface area contributed by atoms with E-state index in [4.69, 9.17) is 5.73 Å². The average molecular weight is 275 g/mol. The molecule has 1 aromatic heterocycles. The van der Waals surface area contributed by atoms with Gasteiger partial charge in [0.1, 0.15) is 11.3 Å². The molecule has 1 saturated carbocycles. The van der Waals surface area contributed by atoms with Crippen LogP contribution in [-0.4, -0.2) is 16.1 Å². The van der Waals surface area contributed by atoms with Crippen LogP contribution >= 0.6 is 0 Å². The Labute approximate surface area is 119 Å². The summed E-state index contributed by atoms with van der Waals surface area (Å²) in [4.78, 5) is 4.66. The Balaban J connectivity index is 2.21. The molecule has 4 heteroatoms. The monoisotopic (exact) mass is 275 g/mol. The maximum absolute atomic E-state index is 14.0. The molecule has 0 aliphatic heterocycles. The highest BCUT2D eigenvalue weighted by Crippen LogP contribution is 2.39. The fourth-order valence-corrected chi connectivity index (χ4v) is 3.59. The summed E-state index contributed by atoms with van der Waals surface area (Å²) in [6, 6.07) is 5.19. The van der Waals surface area contributed by atoms with E-state index < -0.39 is 0 Å². The third-order valence-corrected chi connectivity index (χ3v) is 4.72. The van der Waals surface area contributed by atoms with E-state index in [0.29, 0.717) is 12.1 Å². The largest absolute Gasteiger partial charge is 0.329 e. The second kappa shape index (κ2) is 5.17. The van der Waals surface area contributed by atoms with Crippen LogP contribution in [-0.2, 0) is 12.0 Å². The summed E-state index contributed by atoms with van der Waals surface area (Å²) in [7, 11) is 0. The standard InChI is InChI=1S/C16H22FN3/c1-2-20-13-8-6-7-12(17)14(13)19-15(20)16(11-18)9-4-3-5-10-16/h6-8H,2-5,9-11,18H2,1H3. The highest BCUT2D eigenvalue weighted by molar-refractivity contribution is 5.77. The van der Waals surface area contributed by atoms with E-state index in [9.17, 15) is 4.39 Å². The number of rotatable bonds is 3. The lowest BCUT2D eigenvalue weighted by Gasteiger charge is -2.35. The van der Waals surface area contributed by atoms with Gasteiger partial charge >= 0.3 is 0 Å². The minimum atomic E-state index is -0.237. The van der Waals surface area contributed by atoms with Crippen molar-refractivity contribution in [3.63, 3.8) is 0 Å². The Kier molecular flexibility index (Phi) is 3.50. The van der Waals surface area contributed by atoms with Crippen molar-refractivity contribution in [2.75, 3.05) is 6.54 Å². The second-order valence-electron chi connectivity index (χ2n) is 5.83. The molecule has 108 valence electrons. The van der Waals surface area contributed by atoms with Gasteiger partial charge in [-0.05, 0) is 31.9 Å². The van der Waals surface area contributed by atoms with Gasteiger partial charge in [-0.3, -0.25) is 0 Å². The van der Waals surface area contributed by atoms with E-state index >= 15 is 0 Å². The number of aryl methyl sites for hydroxylation is 1. The zero-order chi connectivity index (χ0) is 14.2. The van der Waals surface area contributed by atoms with Gasteiger partial charge < -0.3 is 10.3 Å². The smallest absolute Gasteiger partial charge is 0.151 e. The molecule has 0 atom stereocenters. The highest BCUT2D eigenvalue weighted by Gasteiger charge is 2.37. The van der Waals surface area contributed by atoms with E-state index in [-0.39, 0.29) is 11.2 Å². The zero-order valence-electron chi connectivity index (χ0n) is 12.0. The molecule has 2 N–H and O–H groups in total. The fraction of sp³-hybridized carbons (Fsp3) is 0.562. The number of imidazole rings is 1. The SMILES string of the molecule is CCn1c(C2(CN)CCCCC2)nc2c(F)cccc21. The van der Waals surface area contributed by atoms with E-state index in [1.807, 2.05) is 6.07 Å². The van der Waals surface area contributed by atoms with Crippen molar-refractivity contribution >= 4 is 11.0 Å². The van der Waals surface area contributed by atoms with Crippen LogP contribution in [0, 0.1) is 5.82 Å². The average Bonchev–Trinajstić information content (AvgIpc) is 2.88. The number of fused-ring (bicyclic) bond motifs is 1. The molecular formula is C16H22FN3. The molecule has 0 radical (unpaired) electrons. The molecule has 0 bridgehead atoms. The van der Waals surface area contributed by atoms with Crippen LogP contribution in [0.5, 0.6) is 0 Å². The number of halogens is 1. The number of nitrogens with two attached hydrogens (primary N) is 1. The normalized spacial score (nSPS) is 18.6. The third kappa shape index (κ3) is 1.94. The van der Waals surface area contributed by atoms with E-state index in [1.165, 1.54) is 25.3 Å². The molecule has 20 heavy (non-hydrogen) atoms. The zero-order valence-corrected chi connectivity index (χ0v) is 12.0.